The second-order valence-electron chi connectivity index (χ2n) is 2.73. The topological polar surface area (TPSA) is 55.2 Å². The first kappa shape index (κ1) is 7.79. The van der Waals surface area contributed by atoms with E-state index in [0.29, 0.717) is 5.69 Å². The normalized spacial score (nSPS) is 10.2. The van der Waals surface area contributed by atoms with Crippen molar-refractivity contribution in [2.24, 2.45) is 5.18 Å². The summed E-state index contributed by atoms with van der Waals surface area (Å²) in [6.45, 7) is 1.81. The fraction of sp³-hybridized carbons (Fsp3) is 0.111. The van der Waals surface area contributed by atoms with Gasteiger partial charge in [0, 0.05) is 11.8 Å². The molecule has 64 valence electrons. The molecule has 0 saturated carbocycles. The average molecular weight is 173 g/mol. The Morgan fingerprint density at radius 2 is 2.23 bits per heavy atom. The van der Waals surface area contributed by atoms with Crippen molar-refractivity contribution in [2.75, 3.05) is 0 Å². The number of aromatic nitrogens is 2. The van der Waals surface area contributed by atoms with E-state index in [2.05, 4.69) is 15.1 Å². The van der Waals surface area contributed by atoms with Crippen molar-refractivity contribution in [2.45, 2.75) is 6.92 Å². The molecule has 0 saturated heterocycles. The maximum Gasteiger partial charge on any atom is 0.131 e. The number of aryl methyl sites for hydroxylation is 1. The van der Waals surface area contributed by atoms with Crippen LogP contribution in [0, 0.1) is 11.8 Å². The molecule has 0 bridgehead atoms. The van der Waals surface area contributed by atoms with E-state index in [0.717, 1.165) is 16.6 Å². The Hall–Kier alpha value is -1.84. The molecule has 2 heterocycles. The highest BCUT2D eigenvalue weighted by Gasteiger charge is 2.04. The molecule has 2 aromatic heterocycles. The zero-order valence-electron chi connectivity index (χ0n) is 7.06. The van der Waals surface area contributed by atoms with Gasteiger partial charge < -0.3 is 0 Å². The molecular formula is C9H7N3O. The highest BCUT2D eigenvalue weighted by molar-refractivity contribution is 5.81. The van der Waals surface area contributed by atoms with Crippen molar-refractivity contribution in [3.8, 4) is 0 Å². The Bertz CT molecular complexity index is 467. The number of fused-ring (bicyclic) bond motifs is 1. The predicted molar refractivity (Wildman–Crippen MR) is 49.7 cm³/mol. The quantitative estimate of drug-likeness (QED) is 0.622. The van der Waals surface area contributed by atoms with E-state index in [-0.39, 0.29) is 0 Å². The van der Waals surface area contributed by atoms with E-state index in [1.807, 2.05) is 19.1 Å². The second kappa shape index (κ2) is 2.90. The van der Waals surface area contributed by atoms with E-state index in [9.17, 15) is 4.91 Å². The lowest BCUT2D eigenvalue weighted by Gasteiger charge is -2.00. The summed E-state index contributed by atoms with van der Waals surface area (Å²) in [5.74, 6) is 0. The molecule has 0 aromatic carbocycles. The number of hydrogen-bond donors (Lipinski definition) is 0. The van der Waals surface area contributed by atoms with Crippen LogP contribution < -0.4 is 0 Å². The molecule has 0 radical (unpaired) electrons. The Morgan fingerprint density at radius 3 is 3.00 bits per heavy atom. The molecule has 0 amide bonds. The van der Waals surface area contributed by atoms with Gasteiger partial charge in [-0.3, -0.25) is 9.97 Å². The molecule has 2 aromatic rings. The van der Waals surface area contributed by atoms with Crippen molar-refractivity contribution in [3.05, 3.63) is 35.0 Å². The van der Waals surface area contributed by atoms with Crippen LogP contribution in [0.1, 0.15) is 5.56 Å². The van der Waals surface area contributed by atoms with E-state index >= 15 is 0 Å². The maximum absolute atomic E-state index is 10.4. The first-order chi connectivity index (χ1) is 6.33. The summed E-state index contributed by atoms with van der Waals surface area (Å²) in [4.78, 5) is 18.5. The highest BCUT2D eigenvalue weighted by Crippen LogP contribution is 2.22. The lowest BCUT2D eigenvalue weighted by atomic mass is 10.2. The van der Waals surface area contributed by atoms with Gasteiger partial charge in [0.2, 0.25) is 0 Å². The van der Waals surface area contributed by atoms with Gasteiger partial charge in [-0.05, 0) is 24.2 Å². The van der Waals surface area contributed by atoms with Crippen LogP contribution in [0.3, 0.4) is 0 Å². The smallest absolute Gasteiger partial charge is 0.131 e. The second-order valence-corrected chi connectivity index (χ2v) is 2.73. The Labute approximate surface area is 74.6 Å². The Kier molecular flexibility index (Phi) is 1.73. The van der Waals surface area contributed by atoms with Crippen molar-refractivity contribution < 1.29 is 0 Å². The number of hydrogen-bond acceptors (Lipinski definition) is 4. The molecule has 2 rings (SSSR count). The maximum atomic E-state index is 10.4. The van der Waals surface area contributed by atoms with Crippen LogP contribution in [0.2, 0.25) is 0 Å². The minimum Gasteiger partial charge on any atom is -0.254 e. The minimum absolute atomic E-state index is 0.353. The first-order valence-corrected chi connectivity index (χ1v) is 3.86. The number of rotatable bonds is 1. The SMILES string of the molecule is Cc1c(N=O)cnc2cccnc12. The Balaban J connectivity index is 2.86. The van der Waals surface area contributed by atoms with Crippen LogP contribution in [0.5, 0.6) is 0 Å². The fourth-order valence-electron chi connectivity index (χ4n) is 1.23. The lowest BCUT2D eigenvalue weighted by molar-refractivity contribution is 1.27. The van der Waals surface area contributed by atoms with Crippen molar-refractivity contribution in [1.29, 1.82) is 0 Å². The van der Waals surface area contributed by atoms with Gasteiger partial charge in [0.15, 0.2) is 0 Å². The van der Waals surface area contributed by atoms with Gasteiger partial charge >= 0.3 is 0 Å². The summed E-state index contributed by atoms with van der Waals surface area (Å²) in [5.41, 5.74) is 2.65. The molecule has 0 aliphatic rings. The van der Waals surface area contributed by atoms with Crippen molar-refractivity contribution in [3.63, 3.8) is 0 Å². The molecule has 13 heavy (non-hydrogen) atoms. The molecule has 0 spiro atoms. The molecule has 0 unspecified atom stereocenters. The third-order valence-corrected chi connectivity index (χ3v) is 1.95. The largest absolute Gasteiger partial charge is 0.254 e. The zero-order chi connectivity index (χ0) is 9.26. The first-order valence-electron chi connectivity index (χ1n) is 3.86. The van der Waals surface area contributed by atoms with Crippen molar-refractivity contribution >= 4 is 16.7 Å². The van der Waals surface area contributed by atoms with Crippen LogP contribution in [-0.2, 0) is 0 Å². The van der Waals surface area contributed by atoms with Gasteiger partial charge in [-0.15, -0.1) is 4.91 Å². The van der Waals surface area contributed by atoms with Gasteiger partial charge in [0.1, 0.15) is 5.69 Å². The van der Waals surface area contributed by atoms with Crippen molar-refractivity contribution in [1.82, 2.24) is 9.97 Å². The molecule has 0 N–H and O–H groups in total. The third-order valence-electron chi connectivity index (χ3n) is 1.95. The van der Waals surface area contributed by atoms with Crippen LogP contribution in [0.15, 0.2) is 29.7 Å². The summed E-state index contributed by atoms with van der Waals surface area (Å²) in [5, 5.41) is 2.87. The van der Waals surface area contributed by atoms with E-state index in [1.165, 1.54) is 6.20 Å². The molecular weight excluding hydrogens is 166 g/mol. The highest BCUT2D eigenvalue weighted by atomic mass is 16.3. The van der Waals surface area contributed by atoms with Gasteiger partial charge in [0.25, 0.3) is 0 Å². The number of nitrogens with zero attached hydrogens (tertiary/aromatic N) is 3. The zero-order valence-corrected chi connectivity index (χ0v) is 7.06. The van der Waals surface area contributed by atoms with Gasteiger partial charge in [-0.1, -0.05) is 0 Å². The fourth-order valence-corrected chi connectivity index (χ4v) is 1.23. The van der Waals surface area contributed by atoms with Crippen LogP contribution in [0.4, 0.5) is 5.69 Å². The minimum atomic E-state index is 0.353. The van der Waals surface area contributed by atoms with E-state index in [4.69, 9.17) is 0 Å². The van der Waals surface area contributed by atoms with Crippen LogP contribution >= 0.6 is 0 Å². The molecule has 4 nitrogen and oxygen atoms in total. The number of nitroso groups, excluding NO2 is 1. The predicted octanol–water partition coefficient (Wildman–Crippen LogP) is 2.34. The van der Waals surface area contributed by atoms with Crippen LogP contribution in [-0.4, -0.2) is 9.97 Å². The van der Waals surface area contributed by atoms with E-state index < -0.39 is 0 Å². The molecule has 0 atom stereocenters. The third kappa shape index (κ3) is 1.16. The van der Waals surface area contributed by atoms with Gasteiger partial charge in [0.05, 0.1) is 17.2 Å². The Morgan fingerprint density at radius 1 is 1.38 bits per heavy atom. The lowest BCUT2D eigenvalue weighted by Crippen LogP contribution is -1.86. The standard InChI is InChI=1S/C9H7N3O/c1-6-8(12-13)5-11-7-3-2-4-10-9(6)7/h2-5H,1H3. The van der Waals surface area contributed by atoms with Gasteiger partial charge in [-0.25, -0.2) is 0 Å². The monoisotopic (exact) mass is 173 g/mol. The molecule has 0 fully saturated rings. The molecule has 4 heteroatoms. The summed E-state index contributed by atoms with van der Waals surface area (Å²) in [6.07, 6.45) is 3.14. The molecule has 0 aliphatic carbocycles. The summed E-state index contributed by atoms with van der Waals surface area (Å²) < 4.78 is 0. The summed E-state index contributed by atoms with van der Waals surface area (Å²) >= 11 is 0. The summed E-state index contributed by atoms with van der Waals surface area (Å²) in [7, 11) is 0. The van der Waals surface area contributed by atoms with E-state index in [1.54, 1.807) is 6.20 Å². The molecule has 0 aliphatic heterocycles. The average Bonchev–Trinajstić information content (AvgIpc) is 2.19. The van der Waals surface area contributed by atoms with Gasteiger partial charge in [-0.2, -0.15) is 0 Å². The van der Waals surface area contributed by atoms with Crippen LogP contribution in [0.25, 0.3) is 11.0 Å². The number of pyridine rings is 2. The summed E-state index contributed by atoms with van der Waals surface area (Å²) in [6, 6.07) is 3.66.